The van der Waals surface area contributed by atoms with Gasteiger partial charge in [-0.25, -0.2) is 4.98 Å². The van der Waals surface area contributed by atoms with Crippen LogP contribution in [0.5, 0.6) is 5.75 Å². The molecule has 0 amide bonds. The Morgan fingerprint density at radius 2 is 1.95 bits per heavy atom. The van der Waals surface area contributed by atoms with Crippen molar-refractivity contribution in [3.05, 3.63) is 64.8 Å². The van der Waals surface area contributed by atoms with Crippen molar-refractivity contribution >= 4 is 34.4 Å². The summed E-state index contributed by atoms with van der Waals surface area (Å²) in [6.45, 7) is 2.02. The Labute approximate surface area is 127 Å². The highest BCUT2D eigenvalue weighted by molar-refractivity contribution is 6.32. The minimum absolute atomic E-state index is 0.134. The number of benzene rings is 2. The topological polar surface area (TPSA) is 45.5 Å². The van der Waals surface area contributed by atoms with Crippen molar-refractivity contribution in [2.24, 2.45) is 4.99 Å². The quantitative estimate of drug-likeness (QED) is 0.552. The number of aliphatic imine (C=N–C) groups is 1. The maximum Gasteiger partial charge on any atom is 0.141 e. The van der Waals surface area contributed by atoms with Crippen LogP contribution in [0.4, 0.5) is 5.69 Å². The van der Waals surface area contributed by atoms with E-state index in [9.17, 15) is 5.11 Å². The number of phenolic OH excluding ortho intramolecular Hbond substituents is 1. The summed E-state index contributed by atoms with van der Waals surface area (Å²) < 4.78 is 0. The van der Waals surface area contributed by atoms with Crippen LogP contribution in [0.3, 0.4) is 0 Å². The minimum Gasteiger partial charge on any atom is -0.506 e. The molecule has 0 saturated carbocycles. The van der Waals surface area contributed by atoms with E-state index >= 15 is 0 Å². The maximum atomic E-state index is 9.70. The summed E-state index contributed by atoms with van der Waals surface area (Å²) in [7, 11) is 0. The maximum absolute atomic E-state index is 9.70. The molecular formula is C17H13ClN2O. The third kappa shape index (κ3) is 2.88. The van der Waals surface area contributed by atoms with E-state index in [-0.39, 0.29) is 5.75 Å². The zero-order chi connectivity index (χ0) is 14.8. The van der Waals surface area contributed by atoms with Crippen LogP contribution in [0.15, 0.2) is 53.5 Å². The van der Waals surface area contributed by atoms with Gasteiger partial charge in [-0.3, -0.25) is 4.99 Å². The number of para-hydroxylation sites is 2. The van der Waals surface area contributed by atoms with E-state index in [4.69, 9.17) is 11.6 Å². The molecule has 0 aliphatic rings. The van der Waals surface area contributed by atoms with Crippen molar-refractivity contribution in [3.8, 4) is 5.75 Å². The highest BCUT2D eigenvalue weighted by Crippen LogP contribution is 2.26. The molecule has 3 aromatic rings. The molecule has 0 saturated heterocycles. The van der Waals surface area contributed by atoms with E-state index in [1.165, 1.54) is 0 Å². The molecule has 3 rings (SSSR count). The summed E-state index contributed by atoms with van der Waals surface area (Å²) in [4.78, 5) is 8.64. The van der Waals surface area contributed by atoms with E-state index in [1.807, 2.05) is 37.3 Å². The zero-order valence-electron chi connectivity index (χ0n) is 11.4. The first kappa shape index (κ1) is 13.6. The molecule has 1 N–H and O–H groups in total. The number of fused-ring (bicyclic) bond motifs is 1. The molecular weight excluding hydrogens is 284 g/mol. The van der Waals surface area contributed by atoms with Crippen LogP contribution in [-0.2, 0) is 0 Å². The summed E-state index contributed by atoms with van der Waals surface area (Å²) in [6, 6.07) is 14.9. The van der Waals surface area contributed by atoms with Gasteiger partial charge in [-0.2, -0.15) is 0 Å². The highest BCUT2D eigenvalue weighted by Gasteiger charge is 2.04. The SMILES string of the molecule is Cc1ccc2cc(C=Nc3ccccc3O)c(Cl)nc2c1. The molecule has 4 heteroatoms. The lowest BCUT2D eigenvalue weighted by molar-refractivity contribution is 0.477. The van der Waals surface area contributed by atoms with Crippen LogP contribution in [0.25, 0.3) is 10.9 Å². The second-order valence-electron chi connectivity index (χ2n) is 4.81. The predicted octanol–water partition coefficient (Wildman–Crippen LogP) is 4.65. The Kier molecular flexibility index (Phi) is 3.59. The zero-order valence-corrected chi connectivity index (χ0v) is 12.2. The highest BCUT2D eigenvalue weighted by atomic mass is 35.5. The molecule has 0 unspecified atom stereocenters. The van der Waals surface area contributed by atoms with Crippen molar-refractivity contribution < 1.29 is 5.11 Å². The number of aryl methyl sites for hydroxylation is 1. The third-order valence-corrected chi connectivity index (χ3v) is 3.48. The van der Waals surface area contributed by atoms with Gasteiger partial charge in [0, 0.05) is 17.2 Å². The first-order chi connectivity index (χ1) is 10.1. The first-order valence-electron chi connectivity index (χ1n) is 6.52. The van der Waals surface area contributed by atoms with Gasteiger partial charge in [0.05, 0.1) is 5.52 Å². The number of nitrogens with zero attached hydrogens (tertiary/aromatic N) is 2. The van der Waals surface area contributed by atoms with E-state index in [1.54, 1.807) is 24.4 Å². The number of aromatic nitrogens is 1. The molecule has 104 valence electrons. The fourth-order valence-corrected chi connectivity index (χ4v) is 2.27. The number of hydrogen-bond donors (Lipinski definition) is 1. The molecule has 0 radical (unpaired) electrons. The fraction of sp³-hybridized carbons (Fsp3) is 0.0588. The van der Waals surface area contributed by atoms with Crippen molar-refractivity contribution in [2.45, 2.75) is 6.92 Å². The van der Waals surface area contributed by atoms with Crippen molar-refractivity contribution in [3.63, 3.8) is 0 Å². The number of aromatic hydroxyl groups is 1. The molecule has 1 aromatic heterocycles. The van der Waals surface area contributed by atoms with E-state index in [0.29, 0.717) is 10.8 Å². The number of hydrogen-bond acceptors (Lipinski definition) is 3. The van der Waals surface area contributed by atoms with Crippen molar-refractivity contribution in [1.29, 1.82) is 0 Å². The Balaban J connectivity index is 2.03. The third-order valence-electron chi connectivity index (χ3n) is 3.18. The van der Waals surface area contributed by atoms with Crippen LogP contribution in [0, 0.1) is 6.92 Å². The van der Waals surface area contributed by atoms with Gasteiger partial charge in [-0.1, -0.05) is 35.9 Å². The fourth-order valence-electron chi connectivity index (χ4n) is 2.07. The Morgan fingerprint density at radius 1 is 1.14 bits per heavy atom. The van der Waals surface area contributed by atoms with Gasteiger partial charge in [0.15, 0.2) is 0 Å². The minimum atomic E-state index is 0.134. The molecule has 0 spiro atoms. The molecule has 1 heterocycles. The van der Waals surface area contributed by atoms with Crippen molar-refractivity contribution in [2.75, 3.05) is 0 Å². The van der Waals surface area contributed by atoms with Gasteiger partial charge in [0.1, 0.15) is 16.6 Å². The molecule has 0 bridgehead atoms. The van der Waals surface area contributed by atoms with Crippen LogP contribution >= 0.6 is 11.6 Å². The monoisotopic (exact) mass is 296 g/mol. The van der Waals surface area contributed by atoms with E-state index < -0.39 is 0 Å². The summed E-state index contributed by atoms with van der Waals surface area (Å²) >= 11 is 6.20. The smallest absolute Gasteiger partial charge is 0.141 e. The summed E-state index contributed by atoms with van der Waals surface area (Å²) in [6.07, 6.45) is 1.61. The molecule has 0 aliphatic carbocycles. The average molecular weight is 297 g/mol. The van der Waals surface area contributed by atoms with Gasteiger partial charge < -0.3 is 5.11 Å². The number of halogens is 1. The number of pyridine rings is 1. The van der Waals surface area contributed by atoms with Crippen LogP contribution in [0.2, 0.25) is 5.15 Å². The van der Waals surface area contributed by atoms with Gasteiger partial charge >= 0.3 is 0 Å². The van der Waals surface area contributed by atoms with Crippen LogP contribution < -0.4 is 0 Å². The normalized spacial score (nSPS) is 11.3. The predicted molar refractivity (Wildman–Crippen MR) is 86.9 cm³/mol. The van der Waals surface area contributed by atoms with Gasteiger partial charge in [0.25, 0.3) is 0 Å². The first-order valence-corrected chi connectivity index (χ1v) is 6.90. The Bertz CT molecular complexity index is 843. The molecule has 0 fully saturated rings. The molecule has 0 aliphatic heterocycles. The molecule has 0 atom stereocenters. The lowest BCUT2D eigenvalue weighted by Gasteiger charge is -2.03. The largest absolute Gasteiger partial charge is 0.506 e. The summed E-state index contributed by atoms with van der Waals surface area (Å²) in [5.41, 5.74) is 3.22. The average Bonchev–Trinajstić information content (AvgIpc) is 2.46. The van der Waals surface area contributed by atoms with Gasteiger partial charge in [-0.05, 0) is 36.8 Å². The second-order valence-corrected chi connectivity index (χ2v) is 5.17. The van der Waals surface area contributed by atoms with Gasteiger partial charge in [0.2, 0.25) is 0 Å². The number of rotatable bonds is 2. The summed E-state index contributed by atoms with van der Waals surface area (Å²) in [5.74, 6) is 0.134. The van der Waals surface area contributed by atoms with Crippen LogP contribution in [0.1, 0.15) is 11.1 Å². The van der Waals surface area contributed by atoms with Gasteiger partial charge in [-0.15, -0.1) is 0 Å². The lowest BCUT2D eigenvalue weighted by Crippen LogP contribution is -1.89. The summed E-state index contributed by atoms with van der Waals surface area (Å²) in [5, 5.41) is 11.1. The molecule has 2 aromatic carbocycles. The number of phenols is 1. The Morgan fingerprint density at radius 3 is 2.76 bits per heavy atom. The van der Waals surface area contributed by atoms with E-state index in [0.717, 1.165) is 22.0 Å². The Hall–Kier alpha value is -2.39. The van der Waals surface area contributed by atoms with E-state index in [2.05, 4.69) is 9.98 Å². The standard InChI is InChI=1S/C17H13ClN2O/c1-11-6-7-12-9-13(17(18)20-15(12)8-11)10-19-14-4-2-3-5-16(14)21/h2-10,21H,1H3. The lowest BCUT2D eigenvalue weighted by atomic mass is 10.1. The van der Waals surface area contributed by atoms with Crippen molar-refractivity contribution in [1.82, 2.24) is 4.98 Å². The molecule has 3 nitrogen and oxygen atoms in total. The molecule has 21 heavy (non-hydrogen) atoms. The van der Waals surface area contributed by atoms with Crippen LogP contribution in [-0.4, -0.2) is 16.3 Å². The second kappa shape index (κ2) is 5.54.